The van der Waals surface area contributed by atoms with Crippen LogP contribution in [0.2, 0.25) is 0 Å². The molecule has 0 saturated carbocycles. The van der Waals surface area contributed by atoms with E-state index in [0.29, 0.717) is 6.04 Å². The highest BCUT2D eigenvalue weighted by Crippen LogP contribution is 2.19. The summed E-state index contributed by atoms with van der Waals surface area (Å²) in [5.41, 5.74) is 2.63. The molecule has 1 aliphatic heterocycles. The highest BCUT2D eigenvalue weighted by atomic mass is 15.3. The van der Waals surface area contributed by atoms with E-state index in [0.717, 1.165) is 25.3 Å². The third kappa shape index (κ3) is 2.89. The van der Waals surface area contributed by atoms with E-state index < -0.39 is 0 Å². The monoisotopic (exact) mass is 235 g/mol. The summed E-state index contributed by atoms with van der Waals surface area (Å²) in [5.74, 6) is 0.786. The maximum atomic E-state index is 4.63. The molecule has 3 nitrogen and oxygen atoms in total. The number of nitrogens with one attached hydrogen (secondary N) is 1. The van der Waals surface area contributed by atoms with Crippen molar-refractivity contribution >= 4 is 0 Å². The molecule has 0 radical (unpaired) electrons. The lowest BCUT2D eigenvalue weighted by Gasteiger charge is -2.30. The number of hydrogen-bond acceptors (Lipinski definition) is 2. The molecule has 0 bridgehead atoms. The van der Waals surface area contributed by atoms with Gasteiger partial charge in [-0.3, -0.25) is 4.68 Å². The average Bonchev–Trinajstić information content (AvgIpc) is 2.74. The first-order valence-corrected chi connectivity index (χ1v) is 7.03. The van der Waals surface area contributed by atoms with Gasteiger partial charge in [0.15, 0.2) is 0 Å². The van der Waals surface area contributed by atoms with Gasteiger partial charge in [0, 0.05) is 24.7 Å². The molecule has 0 aliphatic carbocycles. The maximum Gasteiger partial charge on any atom is 0.0624 e. The third-order valence-electron chi connectivity index (χ3n) is 3.93. The Morgan fingerprint density at radius 1 is 1.47 bits per heavy atom. The number of hydrogen-bond donors (Lipinski definition) is 1. The zero-order valence-electron chi connectivity index (χ0n) is 11.4. The SMILES string of the molecule is CCc1cc(CC2NCCCC2C)n(CC)n1. The second-order valence-electron chi connectivity index (χ2n) is 5.18. The molecular weight excluding hydrogens is 210 g/mol. The van der Waals surface area contributed by atoms with Gasteiger partial charge in [0.25, 0.3) is 0 Å². The van der Waals surface area contributed by atoms with Gasteiger partial charge in [-0.25, -0.2) is 0 Å². The van der Waals surface area contributed by atoms with Gasteiger partial charge in [-0.15, -0.1) is 0 Å². The first-order valence-electron chi connectivity index (χ1n) is 7.03. The van der Waals surface area contributed by atoms with Crippen LogP contribution in [0.4, 0.5) is 0 Å². The number of aromatic nitrogens is 2. The van der Waals surface area contributed by atoms with Crippen LogP contribution in [0.3, 0.4) is 0 Å². The molecule has 2 rings (SSSR count). The molecule has 17 heavy (non-hydrogen) atoms. The third-order valence-corrected chi connectivity index (χ3v) is 3.93. The lowest BCUT2D eigenvalue weighted by molar-refractivity contribution is 0.294. The molecule has 0 aromatic carbocycles. The van der Waals surface area contributed by atoms with Crippen molar-refractivity contribution in [3.8, 4) is 0 Å². The largest absolute Gasteiger partial charge is 0.313 e. The van der Waals surface area contributed by atoms with E-state index in [1.807, 2.05) is 0 Å². The quantitative estimate of drug-likeness (QED) is 0.868. The zero-order valence-corrected chi connectivity index (χ0v) is 11.4. The Hall–Kier alpha value is -0.830. The van der Waals surface area contributed by atoms with Crippen LogP contribution in [0.5, 0.6) is 0 Å². The predicted molar refractivity (Wildman–Crippen MR) is 71.2 cm³/mol. The Bertz CT molecular complexity index is 356. The number of rotatable bonds is 4. The smallest absolute Gasteiger partial charge is 0.0624 e. The second-order valence-corrected chi connectivity index (χ2v) is 5.18. The molecule has 1 aliphatic rings. The summed E-state index contributed by atoms with van der Waals surface area (Å²) < 4.78 is 2.17. The maximum absolute atomic E-state index is 4.63. The van der Waals surface area contributed by atoms with Crippen molar-refractivity contribution in [2.24, 2.45) is 5.92 Å². The van der Waals surface area contributed by atoms with Gasteiger partial charge in [0.1, 0.15) is 0 Å². The summed E-state index contributed by atoms with van der Waals surface area (Å²) in [6.07, 6.45) is 4.85. The van der Waals surface area contributed by atoms with Gasteiger partial charge in [-0.2, -0.15) is 5.10 Å². The van der Waals surface area contributed by atoms with E-state index in [9.17, 15) is 0 Å². The summed E-state index contributed by atoms with van der Waals surface area (Å²) in [6, 6.07) is 2.92. The van der Waals surface area contributed by atoms with Gasteiger partial charge in [0.05, 0.1) is 5.69 Å². The Morgan fingerprint density at radius 3 is 2.94 bits per heavy atom. The molecule has 0 spiro atoms. The Labute approximate surface area is 105 Å². The summed E-state index contributed by atoms with van der Waals surface area (Å²) in [5, 5.41) is 8.28. The molecule has 1 aromatic rings. The van der Waals surface area contributed by atoms with Crippen molar-refractivity contribution in [1.82, 2.24) is 15.1 Å². The predicted octanol–water partition coefficient (Wildman–Crippen LogP) is 2.40. The fourth-order valence-corrected chi connectivity index (χ4v) is 2.74. The number of nitrogens with zero attached hydrogens (tertiary/aromatic N) is 2. The second kappa shape index (κ2) is 5.67. The van der Waals surface area contributed by atoms with Gasteiger partial charge in [-0.05, 0) is 44.7 Å². The van der Waals surface area contributed by atoms with E-state index in [1.54, 1.807) is 0 Å². The van der Waals surface area contributed by atoms with E-state index in [-0.39, 0.29) is 0 Å². The van der Waals surface area contributed by atoms with Crippen LogP contribution in [-0.4, -0.2) is 22.4 Å². The molecule has 2 heterocycles. The van der Waals surface area contributed by atoms with Crippen LogP contribution in [0.1, 0.15) is 45.0 Å². The standard InChI is InChI=1S/C14H25N3/c1-4-12-9-13(17(5-2)16-12)10-14-11(3)7-6-8-15-14/h9,11,14-15H,4-8,10H2,1-3H3. The number of aryl methyl sites for hydroxylation is 2. The van der Waals surface area contributed by atoms with E-state index in [1.165, 1.54) is 30.8 Å². The molecule has 3 heteroatoms. The Kier molecular flexibility index (Phi) is 4.21. The van der Waals surface area contributed by atoms with E-state index in [4.69, 9.17) is 0 Å². The lowest BCUT2D eigenvalue weighted by Crippen LogP contribution is -2.41. The van der Waals surface area contributed by atoms with Gasteiger partial charge in [-0.1, -0.05) is 13.8 Å². The molecule has 1 saturated heterocycles. The first-order chi connectivity index (χ1) is 8.24. The fraction of sp³-hybridized carbons (Fsp3) is 0.786. The molecule has 1 fully saturated rings. The topological polar surface area (TPSA) is 29.9 Å². The molecule has 2 unspecified atom stereocenters. The zero-order chi connectivity index (χ0) is 12.3. The minimum atomic E-state index is 0.635. The summed E-state index contributed by atoms with van der Waals surface area (Å²) in [7, 11) is 0. The average molecular weight is 235 g/mol. The van der Waals surface area contributed by atoms with Crippen LogP contribution in [0, 0.1) is 5.92 Å². The minimum Gasteiger partial charge on any atom is -0.313 e. The van der Waals surface area contributed by atoms with Crippen molar-refractivity contribution in [2.45, 2.75) is 59.0 Å². The fourth-order valence-electron chi connectivity index (χ4n) is 2.74. The highest BCUT2D eigenvalue weighted by Gasteiger charge is 2.22. The molecule has 0 amide bonds. The first kappa shape index (κ1) is 12.6. The summed E-state index contributed by atoms with van der Waals surface area (Å²) in [4.78, 5) is 0. The van der Waals surface area contributed by atoms with Crippen LogP contribution < -0.4 is 5.32 Å². The van der Waals surface area contributed by atoms with E-state index >= 15 is 0 Å². The lowest BCUT2D eigenvalue weighted by atomic mass is 9.89. The molecular formula is C14H25N3. The van der Waals surface area contributed by atoms with Crippen molar-refractivity contribution in [3.63, 3.8) is 0 Å². The van der Waals surface area contributed by atoms with Gasteiger partial charge < -0.3 is 5.32 Å². The molecule has 1 N–H and O–H groups in total. The van der Waals surface area contributed by atoms with Gasteiger partial charge >= 0.3 is 0 Å². The van der Waals surface area contributed by atoms with Crippen molar-refractivity contribution < 1.29 is 0 Å². The van der Waals surface area contributed by atoms with Crippen molar-refractivity contribution in [2.75, 3.05) is 6.54 Å². The highest BCUT2D eigenvalue weighted by molar-refractivity contribution is 5.12. The van der Waals surface area contributed by atoms with Crippen LogP contribution in [-0.2, 0) is 19.4 Å². The van der Waals surface area contributed by atoms with Crippen LogP contribution >= 0.6 is 0 Å². The Morgan fingerprint density at radius 2 is 2.29 bits per heavy atom. The minimum absolute atomic E-state index is 0.635. The Balaban J connectivity index is 2.08. The molecule has 2 atom stereocenters. The number of piperidine rings is 1. The van der Waals surface area contributed by atoms with Crippen LogP contribution in [0.15, 0.2) is 6.07 Å². The van der Waals surface area contributed by atoms with Gasteiger partial charge in [0.2, 0.25) is 0 Å². The van der Waals surface area contributed by atoms with Crippen molar-refractivity contribution in [1.29, 1.82) is 0 Å². The van der Waals surface area contributed by atoms with E-state index in [2.05, 4.69) is 41.9 Å². The molecule has 1 aromatic heterocycles. The normalized spacial score (nSPS) is 25.1. The summed E-state index contributed by atoms with van der Waals surface area (Å²) in [6.45, 7) is 8.87. The van der Waals surface area contributed by atoms with Crippen LogP contribution in [0.25, 0.3) is 0 Å². The summed E-state index contributed by atoms with van der Waals surface area (Å²) >= 11 is 0. The molecule has 96 valence electrons. The van der Waals surface area contributed by atoms with Crippen molar-refractivity contribution in [3.05, 3.63) is 17.5 Å².